The number of hydrogen-bond donors (Lipinski definition) is 0. The Morgan fingerprint density at radius 2 is 2.00 bits per heavy atom. The number of carbonyl (C=O) groups excluding carboxylic acids is 2. The van der Waals surface area contributed by atoms with E-state index in [2.05, 4.69) is 0 Å². The predicted octanol–water partition coefficient (Wildman–Crippen LogP) is -0.319. The Morgan fingerprint density at radius 3 is 2.00 bits per heavy atom. The van der Waals surface area contributed by atoms with Crippen molar-refractivity contribution in [1.82, 2.24) is 0 Å². The molecule has 0 unspecified atom stereocenters. The largest absolute Gasteiger partial charge is 0.364 e. The molecule has 0 amide bonds. The van der Waals surface area contributed by atoms with E-state index >= 15 is 0 Å². The third-order valence-electron chi connectivity index (χ3n) is 0.0927. The zero-order chi connectivity index (χ0) is 4.28. The summed E-state index contributed by atoms with van der Waals surface area (Å²) in [6, 6.07) is -1.93. The summed E-state index contributed by atoms with van der Waals surface area (Å²) in [5.41, 5.74) is 0. The van der Waals surface area contributed by atoms with Gasteiger partial charge < -0.3 is 0 Å². The van der Waals surface area contributed by atoms with Crippen LogP contribution in [0.5, 0.6) is 0 Å². The minimum atomic E-state index is -1.93. The molecule has 0 aromatic rings. The van der Waals surface area contributed by atoms with Gasteiger partial charge in [0.25, 0.3) is 0 Å². The van der Waals surface area contributed by atoms with E-state index in [9.17, 15) is 4.39 Å². The molecule has 0 N–H and O–H groups in total. The molecule has 28 valence electrons. The molecule has 0 fully saturated rings. The summed E-state index contributed by atoms with van der Waals surface area (Å²) in [4.78, 5) is 17.6. The maximum atomic E-state index is 10.4. The van der Waals surface area contributed by atoms with E-state index in [0.717, 1.165) is 0 Å². The molecule has 0 heterocycles. The molecule has 0 atom stereocenters. The Morgan fingerprint density at radius 1 is 1.80 bits per heavy atom. The Hall–Kier alpha value is -0.730. The lowest BCUT2D eigenvalue weighted by Gasteiger charge is -1.52. The lowest BCUT2D eigenvalue weighted by atomic mass is 10.9. The van der Waals surface area contributed by atoms with E-state index in [1.165, 1.54) is 0 Å². The van der Waals surface area contributed by atoms with Crippen LogP contribution in [0, 0.1) is 0 Å². The van der Waals surface area contributed by atoms with Crippen LogP contribution >= 0.6 is 0 Å². The van der Waals surface area contributed by atoms with Crippen molar-refractivity contribution in [3.05, 3.63) is 0 Å². The highest BCUT2D eigenvalue weighted by molar-refractivity contribution is 6.19. The van der Waals surface area contributed by atoms with Gasteiger partial charge >= 0.3 is 6.04 Å². The van der Waals surface area contributed by atoms with Gasteiger partial charge in [-0.1, -0.05) is 0 Å². The minimum absolute atomic E-state index is 0.389. The van der Waals surface area contributed by atoms with E-state index in [4.69, 9.17) is 9.59 Å². The summed E-state index contributed by atoms with van der Waals surface area (Å²) >= 11 is 0. The first-order valence-corrected chi connectivity index (χ1v) is 0.917. The Kier molecular flexibility index (Phi) is 1.35. The predicted molar refractivity (Wildman–Crippen MR) is 12.2 cm³/mol. The first-order valence-electron chi connectivity index (χ1n) is 0.917. The van der Waals surface area contributed by atoms with Gasteiger partial charge in [0.2, 0.25) is 6.29 Å². The molecule has 0 spiro atoms. The van der Waals surface area contributed by atoms with Crippen molar-refractivity contribution in [2.45, 2.75) is 0 Å². The first kappa shape index (κ1) is 4.27. The number of rotatable bonds is 1. The molecule has 0 aliphatic carbocycles. The van der Waals surface area contributed by atoms with E-state index in [-0.39, 0.29) is 6.29 Å². The van der Waals surface area contributed by atoms with Gasteiger partial charge in [-0.25, -0.2) is 0 Å². The lowest BCUT2D eigenvalue weighted by molar-refractivity contribution is -0.137. The van der Waals surface area contributed by atoms with Crippen molar-refractivity contribution < 1.29 is 14.0 Å². The smallest absolute Gasteiger partial charge is 0.291 e. The summed E-state index contributed by atoms with van der Waals surface area (Å²) < 4.78 is 10.4. The van der Waals surface area contributed by atoms with E-state index < -0.39 is 6.04 Å². The molecular formula is C2HFO2. The van der Waals surface area contributed by atoms with Crippen LogP contribution in [0.2, 0.25) is 0 Å². The number of hydrogen-bond acceptors (Lipinski definition) is 2. The fourth-order valence-corrected chi connectivity index (χ4v) is 0. The second-order valence-corrected chi connectivity index (χ2v) is 0.422. The average molecular weight is 76.0 g/mol. The zero-order valence-electron chi connectivity index (χ0n) is 2.27. The maximum Gasteiger partial charge on any atom is 0.364 e. The third kappa shape index (κ3) is 3.27. The van der Waals surface area contributed by atoms with Gasteiger partial charge in [-0.2, -0.15) is 4.39 Å². The normalized spacial score (nSPS) is 6.60. The molecule has 0 radical (unpaired) electrons. The molecule has 0 saturated heterocycles. The van der Waals surface area contributed by atoms with Crippen LogP contribution in [-0.2, 0) is 9.59 Å². The molecule has 0 aliphatic rings. The molecule has 0 aromatic carbocycles. The third-order valence-corrected chi connectivity index (χ3v) is 0.0927. The molecule has 0 bridgehead atoms. The zero-order valence-corrected chi connectivity index (χ0v) is 2.27. The van der Waals surface area contributed by atoms with Crippen LogP contribution in [0.3, 0.4) is 0 Å². The highest BCUT2D eigenvalue weighted by Crippen LogP contribution is 1.55. The SMILES string of the molecule is O=CC(=O)F. The number of halogens is 1. The molecule has 0 aromatic heterocycles. The van der Waals surface area contributed by atoms with Gasteiger partial charge in [-0.3, -0.25) is 9.59 Å². The monoisotopic (exact) mass is 76.0 g/mol. The van der Waals surface area contributed by atoms with Crippen molar-refractivity contribution in [3.63, 3.8) is 0 Å². The van der Waals surface area contributed by atoms with Gasteiger partial charge in [0.15, 0.2) is 0 Å². The van der Waals surface area contributed by atoms with Crippen LogP contribution < -0.4 is 0 Å². The lowest BCUT2D eigenvalue weighted by Crippen LogP contribution is -1.82. The van der Waals surface area contributed by atoms with Crippen molar-refractivity contribution in [2.75, 3.05) is 0 Å². The quantitative estimate of drug-likeness (QED) is 0.244. The Bertz CT molecular complexity index is 58.7. The standard InChI is InChI=1S/C2HFO2/c3-2(5)1-4/h1H. The summed E-state index contributed by atoms with van der Waals surface area (Å²) in [6.07, 6.45) is -0.389. The number of carbonyl (C=O) groups is 2. The van der Waals surface area contributed by atoms with E-state index in [1.54, 1.807) is 0 Å². The molecule has 5 heavy (non-hydrogen) atoms. The van der Waals surface area contributed by atoms with Crippen LogP contribution in [-0.4, -0.2) is 12.3 Å². The highest BCUT2D eigenvalue weighted by Gasteiger charge is 1.83. The van der Waals surface area contributed by atoms with Gasteiger partial charge in [0.05, 0.1) is 0 Å². The first-order chi connectivity index (χ1) is 2.27. The summed E-state index contributed by atoms with van der Waals surface area (Å²) in [5.74, 6) is 0. The molecular weight excluding hydrogens is 75.0 g/mol. The molecule has 3 heteroatoms. The molecule has 2 nitrogen and oxygen atoms in total. The fraction of sp³-hybridized carbons (Fsp3) is 0. The van der Waals surface area contributed by atoms with Crippen LogP contribution in [0.4, 0.5) is 4.39 Å². The van der Waals surface area contributed by atoms with Crippen LogP contribution in [0.25, 0.3) is 0 Å². The van der Waals surface area contributed by atoms with Crippen LogP contribution in [0.1, 0.15) is 0 Å². The van der Waals surface area contributed by atoms with Gasteiger partial charge in [-0.15, -0.1) is 0 Å². The van der Waals surface area contributed by atoms with Crippen LogP contribution in [0.15, 0.2) is 0 Å². The van der Waals surface area contributed by atoms with Crippen molar-refractivity contribution >= 4 is 12.3 Å². The van der Waals surface area contributed by atoms with Gasteiger partial charge in [0.1, 0.15) is 0 Å². The van der Waals surface area contributed by atoms with E-state index in [1.807, 2.05) is 0 Å². The van der Waals surface area contributed by atoms with Crippen molar-refractivity contribution in [2.24, 2.45) is 0 Å². The van der Waals surface area contributed by atoms with E-state index in [0.29, 0.717) is 0 Å². The fourth-order valence-electron chi connectivity index (χ4n) is 0. The Balaban J connectivity index is 3.20. The maximum absolute atomic E-state index is 10.4. The molecule has 0 aliphatic heterocycles. The van der Waals surface area contributed by atoms with Crippen molar-refractivity contribution in [3.8, 4) is 0 Å². The summed E-state index contributed by atoms with van der Waals surface area (Å²) in [7, 11) is 0. The second-order valence-electron chi connectivity index (χ2n) is 0.422. The second kappa shape index (κ2) is 1.58. The summed E-state index contributed by atoms with van der Waals surface area (Å²) in [6.45, 7) is 0. The molecule has 0 rings (SSSR count). The minimum Gasteiger partial charge on any atom is -0.291 e. The Labute approximate surface area is 27.6 Å². The average Bonchev–Trinajstić information content (AvgIpc) is 1.38. The van der Waals surface area contributed by atoms with Gasteiger partial charge in [-0.05, 0) is 0 Å². The molecule has 0 saturated carbocycles. The highest BCUT2D eigenvalue weighted by atomic mass is 19.1. The summed E-state index contributed by atoms with van der Waals surface area (Å²) in [5, 5.41) is 0. The van der Waals surface area contributed by atoms with Gasteiger partial charge in [0, 0.05) is 0 Å². The topological polar surface area (TPSA) is 34.1 Å². The number of aldehydes is 1. The van der Waals surface area contributed by atoms with Crippen molar-refractivity contribution in [1.29, 1.82) is 0 Å².